The number of rotatable bonds is 6. The Kier molecular flexibility index (Phi) is 6.04. The number of amides is 1. The quantitative estimate of drug-likeness (QED) is 0.353. The zero-order chi connectivity index (χ0) is 21.0. The summed E-state index contributed by atoms with van der Waals surface area (Å²) in [5, 5.41) is 15.6. The third-order valence-corrected chi connectivity index (χ3v) is 5.32. The number of carbonyl (C=O) groups is 2. The fourth-order valence-electron chi connectivity index (χ4n) is 2.80. The minimum atomic E-state index is -0.556. The van der Waals surface area contributed by atoms with Crippen LogP contribution in [0.4, 0.5) is 10.7 Å². The smallest absolute Gasteiger partial charge is 0.341 e. The lowest BCUT2D eigenvalue weighted by Gasteiger charge is -2.08. The molecule has 1 aromatic heterocycles. The van der Waals surface area contributed by atoms with Crippen molar-refractivity contribution < 1.29 is 19.2 Å². The average Bonchev–Trinajstić information content (AvgIpc) is 3.16. The van der Waals surface area contributed by atoms with Crippen LogP contribution in [0.25, 0.3) is 11.1 Å². The number of esters is 1. The summed E-state index contributed by atoms with van der Waals surface area (Å²) >= 11 is 1.21. The standard InChI is InChI=1S/C21H18N2O5S/c1-3-13-4-6-14(7-5-13)17-12-29-20(18(17)21(25)28-2)22-19(24)15-8-10-16(11-9-15)23(26)27/h4-12H,3H2,1-2H3,(H,22,24). The van der Waals surface area contributed by atoms with Crippen molar-refractivity contribution in [3.8, 4) is 11.1 Å². The van der Waals surface area contributed by atoms with E-state index in [0.29, 0.717) is 10.6 Å². The third-order valence-electron chi connectivity index (χ3n) is 4.42. The van der Waals surface area contributed by atoms with Crippen LogP contribution in [0.2, 0.25) is 0 Å². The molecule has 3 aromatic rings. The molecular formula is C21H18N2O5S. The first-order valence-corrected chi connectivity index (χ1v) is 9.67. The molecule has 0 radical (unpaired) electrons. The molecular weight excluding hydrogens is 392 g/mol. The Balaban J connectivity index is 1.92. The highest BCUT2D eigenvalue weighted by molar-refractivity contribution is 7.15. The summed E-state index contributed by atoms with van der Waals surface area (Å²) < 4.78 is 4.91. The summed E-state index contributed by atoms with van der Waals surface area (Å²) in [4.78, 5) is 35.2. The number of carbonyl (C=O) groups excluding carboxylic acids is 2. The molecule has 2 aromatic carbocycles. The van der Waals surface area contributed by atoms with Gasteiger partial charge in [0, 0.05) is 28.6 Å². The van der Waals surface area contributed by atoms with E-state index in [0.717, 1.165) is 12.0 Å². The maximum Gasteiger partial charge on any atom is 0.341 e. The lowest BCUT2D eigenvalue weighted by Crippen LogP contribution is -2.14. The average molecular weight is 410 g/mol. The number of nitro groups is 1. The lowest BCUT2D eigenvalue weighted by molar-refractivity contribution is -0.384. The van der Waals surface area contributed by atoms with Crippen LogP contribution in [0.3, 0.4) is 0 Å². The first-order valence-electron chi connectivity index (χ1n) is 8.79. The predicted molar refractivity (Wildman–Crippen MR) is 112 cm³/mol. The van der Waals surface area contributed by atoms with Crippen molar-refractivity contribution in [2.24, 2.45) is 0 Å². The topological polar surface area (TPSA) is 98.5 Å². The van der Waals surface area contributed by atoms with Gasteiger partial charge in [-0.05, 0) is 29.7 Å². The number of methoxy groups -OCH3 is 1. The number of non-ortho nitro benzene ring substituents is 1. The molecule has 3 rings (SSSR count). The molecule has 1 N–H and O–H groups in total. The van der Waals surface area contributed by atoms with Gasteiger partial charge in [0.15, 0.2) is 0 Å². The fraction of sp³-hybridized carbons (Fsp3) is 0.143. The van der Waals surface area contributed by atoms with E-state index >= 15 is 0 Å². The second-order valence-electron chi connectivity index (χ2n) is 6.15. The highest BCUT2D eigenvalue weighted by Crippen LogP contribution is 2.36. The molecule has 0 aliphatic rings. The van der Waals surface area contributed by atoms with Gasteiger partial charge >= 0.3 is 5.97 Å². The highest BCUT2D eigenvalue weighted by atomic mass is 32.1. The van der Waals surface area contributed by atoms with Crippen LogP contribution in [-0.2, 0) is 11.2 Å². The van der Waals surface area contributed by atoms with Crippen molar-refractivity contribution in [1.29, 1.82) is 0 Å². The fourth-order valence-corrected chi connectivity index (χ4v) is 3.75. The van der Waals surface area contributed by atoms with E-state index < -0.39 is 16.8 Å². The molecule has 0 atom stereocenters. The zero-order valence-corrected chi connectivity index (χ0v) is 16.6. The molecule has 0 aliphatic carbocycles. The number of nitrogens with one attached hydrogen (secondary N) is 1. The van der Waals surface area contributed by atoms with Crippen LogP contribution in [0.15, 0.2) is 53.9 Å². The largest absolute Gasteiger partial charge is 0.465 e. The molecule has 0 saturated carbocycles. The first-order chi connectivity index (χ1) is 13.9. The number of hydrogen-bond donors (Lipinski definition) is 1. The van der Waals surface area contributed by atoms with Gasteiger partial charge in [-0.2, -0.15) is 0 Å². The summed E-state index contributed by atoms with van der Waals surface area (Å²) in [6, 6.07) is 13.1. The second-order valence-corrected chi connectivity index (χ2v) is 7.03. The van der Waals surface area contributed by atoms with Crippen molar-refractivity contribution >= 4 is 33.9 Å². The van der Waals surface area contributed by atoms with E-state index in [-0.39, 0.29) is 16.8 Å². The van der Waals surface area contributed by atoms with E-state index in [9.17, 15) is 19.7 Å². The molecule has 0 fully saturated rings. The molecule has 0 unspecified atom stereocenters. The number of benzene rings is 2. The number of thiophene rings is 1. The minimum absolute atomic E-state index is 0.106. The van der Waals surface area contributed by atoms with Gasteiger partial charge in [-0.15, -0.1) is 11.3 Å². The van der Waals surface area contributed by atoms with Crippen molar-refractivity contribution in [1.82, 2.24) is 0 Å². The summed E-state index contributed by atoms with van der Waals surface area (Å²) in [6.07, 6.45) is 0.907. The van der Waals surface area contributed by atoms with Gasteiger partial charge in [-0.25, -0.2) is 4.79 Å². The SMILES string of the molecule is CCc1ccc(-c2csc(NC(=O)c3ccc([N+](=O)[O-])cc3)c2C(=O)OC)cc1. The summed E-state index contributed by atoms with van der Waals surface area (Å²) in [6.45, 7) is 2.06. The van der Waals surface area contributed by atoms with Crippen molar-refractivity contribution in [3.05, 3.63) is 80.7 Å². The number of nitro benzene ring substituents is 1. The van der Waals surface area contributed by atoms with Gasteiger partial charge in [-0.3, -0.25) is 14.9 Å². The van der Waals surface area contributed by atoms with E-state index in [1.165, 1.54) is 48.3 Å². The van der Waals surface area contributed by atoms with Crippen LogP contribution in [0, 0.1) is 10.1 Å². The Bertz CT molecular complexity index is 1060. The van der Waals surface area contributed by atoms with Gasteiger partial charge in [0.25, 0.3) is 11.6 Å². The lowest BCUT2D eigenvalue weighted by atomic mass is 10.0. The molecule has 148 valence electrons. The van der Waals surface area contributed by atoms with E-state index in [1.54, 1.807) is 5.38 Å². The zero-order valence-electron chi connectivity index (χ0n) is 15.8. The third kappa shape index (κ3) is 4.33. The number of ether oxygens (including phenoxy) is 1. The highest BCUT2D eigenvalue weighted by Gasteiger charge is 2.23. The number of anilines is 1. The summed E-state index contributed by atoms with van der Waals surface area (Å²) in [5.74, 6) is -1.03. The number of nitrogens with zero attached hydrogens (tertiary/aromatic N) is 1. The Labute approximate surface area is 171 Å². The molecule has 0 aliphatic heterocycles. The Morgan fingerprint density at radius 1 is 1.10 bits per heavy atom. The minimum Gasteiger partial charge on any atom is -0.465 e. The molecule has 0 spiro atoms. The maximum absolute atomic E-state index is 12.6. The first kappa shape index (κ1) is 20.2. The maximum atomic E-state index is 12.6. The van der Waals surface area contributed by atoms with Gasteiger partial charge in [0.05, 0.1) is 12.0 Å². The molecule has 0 bridgehead atoms. The van der Waals surface area contributed by atoms with Crippen molar-refractivity contribution in [2.45, 2.75) is 13.3 Å². The van der Waals surface area contributed by atoms with Gasteiger partial charge < -0.3 is 10.1 Å². The van der Waals surface area contributed by atoms with Crippen LogP contribution >= 0.6 is 11.3 Å². The van der Waals surface area contributed by atoms with Crippen LogP contribution in [0.5, 0.6) is 0 Å². The molecule has 7 nitrogen and oxygen atoms in total. The second kappa shape index (κ2) is 8.66. The summed E-state index contributed by atoms with van der Waals surface area (Å²) in [5.41, 5.74) is 3.10. The normalized spacial score (nSPS) is 10.4. The number of aryl methyl sites for hydroxylation is 1. The molecule has 1 amide bonds. The van der Waals surface area contributed by atoms with Gasteiger partial charge in [0.2, 0.25) is 0 Å². The Hall–Kier alpha value is -3.52. The van der Waals surface area contributed by atoms with Gasteiger partial charge in [0.1, 0.15) is 10.6 Å². The van der Waals surface area contributed by atoms with Crippen molar-refractivity contribution in [3.63, 3.8) is 0 Å². The number of hydrogen-bond acceptors (Lipinski definition) is 6. The van der Waals surface area contributed by atoms with Crippen LogP contribution in [0.1, 0.15) is 33.2 Å². The van der Waals surface area contributed by atoms with Crippen LogP contribution in [-0.4, -0.2) is 23.9 Å². The van der Waals surface area contributed by atoms with E-state index in [4.69, 9.17) is 4.74 Å². The Morgan fingerprint density at radius 3 is 2.31 bits per heavy atom. The molecule has 8 heteroatoms. The van der Waals surface area contributed by atoms with E-state index in [2.05, 4.69) is 12.2 Å². The van der Waals surface area contributed by atoms with Crippen molar-refractivity contribution in [2.75, 3.05) is 12.4 Å². The van der Waals surface area contributed by atoms with Gasteiger partial charge in [-0.1, -0.05) is 31.2 Å². The monoisotopic (exact) mass is 410 g/mol. The Morgan fingerprint density at radius 2 is 1.76 bits per heavy atom. The van der Waals surface area contributed by atoms with E-state index in [1.807, 2.05) is 24.3 Å². The predicted octanol–water partition coefficient (Wildman–Crippen LogP) is 4.92. The van der Waals surface area contributed by atoms with Crippen LogP contribution < -0.4 is 5.32 Å². The molecule has 0 saturated heterocycles. The molecule has 1 heterocycles. The molecule has 29 heavy (non-hydrogen) atoms. The summed E-state index contributed by atoms with van der Waals surface area (Å²) in [7, 11) is 1.28.